The Bertz CT molecular complexity index is 628. The van der Waals surface area contributed by atoms with Crippen molar-refractivity contribution in [2.75, 3.05) is 0 Å². The van der Waals surface area contributed by atoms with Crippen LogP contribution in [-0.4, -0.2) is 19.9 Å². The molecule has 4 heterocycles. The molecule has 0 N–H and O–H groups in total. The van der Waals surface area contributed by atoms with Gasteiger partial charge < -0.3 is 0 Å². The lowest BCUT2D eigenvalue weighted by atomic mass is 10.2. The van der Waals surface area contributed by atoms with Crippen LogP contribution in [0.5, 0.6) is 0 Å². The van der Waals surface area contributed by atoms with Gasteiger partial charge in [0.25, 0.3) is 0 Å². The van der Waals surface area contributed by atoms with E-state index in [4.69, 9.17) is 0 Å². The third kappa shape index (κ3) is 2.75. The summed E-state index contributed by atoms with van der Waals surface area (Å²) in [4.78, 5) is 15.9. The van der Waals surface area contributed by atoms with Gasteiger partial charge in [0.05, 0.1) is 0 Å². The average molecular weight is 260 g/mol. The fourth-order valence-corrected chi connectivity index (χ4v) is 1.84. The predicted octanol–water partition coefficient (Wildman–Crippen LogP) is 3.26. The highest BCUT2D eigenvalue weighted by Crippen LogP contribution is 2.08. The second-order valence-electron chi connectivity index (χ2n) is 4.20. The van der Waals surface area contributed by atoms with Gasteiger partial charge in [-0.2, -0.15) is 0 Å². The van der Waals surface area contributed by atoms with Crippen LogP contribution >= 0.6 is 0 Å². The Kier molecular flexibility index (Phi) is 3.55. The van der Waals surface area contributed by atoms with Crippen LogP contribution in [0.2, 0.25) is 0 Å². The number of rotatable bonds is 0. The van der Waals surface area contributed by atoms with Crippen molar-refractivity contribution >= 4 is 21.5 Å². The Hall–Kier alpha value is -2.88. The first-order valence-electron chi connectivity index (χ1n) is 6.21. The van der Waals surface area contributed by atoms with Crippen molar-refractivity contribution < 1.29 is 0 Å². The molecule has 0 amide bonds. The highest BCUT2D eigenvalue weighted by molar-refractivity contribution is 5.80. The van der Waals surface area contributed by atoms with E-state index < -0.39 is 0 Å². The topological polar surface area (TPSA) is 51.6 Å². The van der Waals surface area contributed by atoms with Crippen molar-refractivity contribution in [2.45, 2.75) is 0 Å². The zero-order chi connectivity index (χ0) is 13.6. The van der Waals surface area contributed by atoms with Gasteiger partial charge in [0.15, 0.2) is 0 Å². The number of aromatic nitrogens is 4. The molecule has 4 heteroatoms. The zero-order valence-corrected chi connectivity index (χ0v) is 10.7. The van der Waals surface area contributed by atoms with Gasteiger partial charge in [-0.1, -0.05) is 0 Å². The van der Waals surface area contributed by atoms with E-state index in [1.807, 2.05) is 49.1 Å². The average Bonchev–Trinajstić information content (AvgIpc) is 2.56. The van der Waals surface area contributed by atoms with E-state index >= 15 is 0 Å². The Labute approximate surface area is 116 Å². The van der Waals surface area contributed by atoms with Crippen LogP contribution < -0.4 is 0 Å². The molecule has 0 atom stereocenters. The van der Waals surface area contributed by atoms with Crippen LogP contribution in [0.3, 0.4) is 0 Å². The largest absolute Gasteiger partial charge is 0.264 e. The molecule has 0 saturated heterocycles. The number of fused-ring (bicyclic) bond motifs is 2. The highest BCUT2D eigenvalue weighted by atomic mass is 14.6. The van der Waals surface area contributed by atoms with E-state index in [9.17, 15) is 0 Å². The minimum Gasteiger partial charge on any atom is -0.264 e. The molecule has 0 aliphatic carbocycles. The predicted molar refractivity (Wildman–Crippen MR) is 79.1 cm³/mol. The molecule has 4 rings (SSSR count). The summed E-state index contributed by atoms with van der Waals surface area (Å²) in [6, 6.07) is 7.83. The molecular weight excluding hydrogens is 248 g/mol. The standard InChI is InChI=1S/2C8H6N2/c1-3-9-6-8-2-4-10-5-7(1)8;1-3-9-5-8-6-10-4-2-7(1)8/h2*1-6H. The van der Waals surface area contributed by atoms with E-state index in [0.717, 1.165) is 16.2 Å². The minimum absolute atomic E-state index is 1.09. The lowest BCUT2D eigenvalue weighted by Crippen LogP contribution is -1.74. The molecule has 0 fully saturated rings. The van der Waals surface area contributed by atoms with Crippen LogP contribution in [0.1, 0.15) is 0 Å². The summed E-state index contributed by atoms with van der Waals surface area (Å²) in [5.74, 6) is 0. The molecular formula is C16H12N4. The van der Waals surface area contributed by atoms with Crippen LogP contribution in [0.15, 0.2) is 73.8 Å². The molecule has 0 unspecified atom stereocenters. The van der Waals surface area contributed by atoms with Crippen LogP contribution in [-0.2, 0) is 0 Å². The number of hydrogen-bond donors (Lipinski definition) is 0. The van der Waals surface area contributed by atoms with E-state index in [1.165, 1.54) is 5.39 Å². The number of hydrogen-bond acceptors (Lipinski definition) is 4. The van der Waals surface area contributed by atoms with Crippen molar-refractivity contribution in [3.63, 3.8) is 0 Å². The van der Waals surface area contributed by atoms with Crippen molar-refractivity contribution in [3.8, 4) is 0 Å². The molecule has 4 aromatic rings. The summed E-state index contributed by atoms with van der Waals surface area (Å²) in [6.45, 7) is 0. The third-order valence-electron chi connectivity index (χ3n) is 2.88. The van der Waals surface area contributed by atoms with Crippen LogP contribution in [0, 0.1) is 0 Å². The fraction of sp³-hybridized carbons (Fsp3) is 0. The monoisotopic (exact) mass is 260 g/mol. The maximum atomic E-state index is 3.99. The number of pyridine rings is 4. The minimum atomic E-state index is 1.09. The maximum absolute atomic E-state index is 3.99. The first-order chi connectivity index (χ1) is 9.93. The van der Waals surface area contributed by atoms with Gasteiger partial charge in [0.2, 0.25) is 0 Å². The van der Waals surface area contributed by atoms with Gasteiger partial charge in [-0.3, -0.25) is 19.9 Å². The molecule has 96 valence electrons. The fourth-order valence-electron chi connectivity index (χ4n) is 1.84. The molecule has 0 radical (unpaired) electrons. The van der Waals surface area contributed by atoms with Crippen molar-refractivity contribution in [1.82, 2.24) is 19.9 Å². The van der Waals surface area contributed by atoms with E-state index in [-0.39, 0.29) is 0 Å². The summed E-state index contributed by atoms with van der Waals surface area (Å²) in [5, 5.41) is 4.55. The summed E-state index contributed by atoms with van der Waals surface area (Å²) < 4.78 is 0. The van der Waals surface area contributed by atoms with Crippen molar-refractivity contribution in [2.24, 2.45) is 0 Å². The molecule has 0 aliphatic rings. The summed E-state index contributed by atoms with van der Waals surface area (Å²) in [5.41, 5.74) is 0. The Balaban J connectivity index is 0.000000121. The van der Waals surface area contributed by atoms with Crippen molar-refractivity contribution in [3.05, 3.63) is 73.8 Å². The molecule has 4 nitrogen and oxygen atoms in total. The highest BCUT2D eigenvalue weighted by Gasteiger charge is 1.87. The lowest BCUT2D eigenvalue weighted by Gasteiger charge is -1.91. The van der Waals surface area contributed by atoms with Crippen LogP contribution in [0.25, 0.3) is 21.5 Å². The first kappa shape index (κ1) is 12.2. The lowest BCUT2D eigenvalue weighted by molar-refractivity contribution is 1.32. The molecule has 0 bridgehead atoms. The molecule has 0 saturated carbocycles. The summed E-state index contributed by atoms with van der Waals surface area (Å²) in [6.07, 6.45) is 14.4. The maximum Gasteiger partial charge on any atom is 0.0361 e. The Morgan fingerprint density at radius 2 is 0.750 bits per heavy atom. The smallest absolute Gasteiger partial charge is 0.0361 e. The van der Waals surface area contributed by atoms with E-state index in [1.54, 1.807) is 24.8 Å². The van der Waals surface area contributed by atoms with Gasteiger partial charge in [0.1, 0.15) is 0 Å². The van der Waals surface area contributed by atoms with Crippen LogP contribution in [0.4, 0.5) is 0 Å². The normalized spacial score (nSPS) is 10.0. The molecule has 0 spiro atoms. The molecule has 20 heavy (non-hydrogen) atoms. The number of nitrogens with zero attached hydrogens (tertiary/aromatic N) is 4. The molecule has 4 aromatic heterocycles. The second kappa shape index (κ2) is 5.84. The quantitative estimate of drug-likeness (QED) is 0.487. The Morgan fingerprint density at radius 3 is 1.15 bits per heavy atom. The SMILES string of the molecule is c1cc2ccncc2cn1.c1cc2cnccc2cn1. The summed E-state index contributed by atoms with van der Waals surface area (Å²) >= 11 is 0. The summed E-state index contributed by atoms with van der Waals surface area (Å²) in [7, 11) is 0. The Morgan fingerprint density at radius 1 is 0.400 bits per heavy atom. The third-order valence-corrected chi connectivity index (χ3v) is 2.88. The van der Waals surface area contributed by atoms with Gasteiger partial charge in [-0.25, -0.2) is 0 Å². The van der Waals surface area contributed by atoms with Crippen molar-refractivity contribution in [1.29, 1.82) is 0 Å². The van der Waals surface area contributed by atoms with Gasteiger partial charge in [-0.15, -0.1) is 0 Å². The van der Waals surface area contributed by atoms with Gasteiger partial charge in [-0.05, 0) is 29.7 Å². The zero-order valence-electron chi connectivity index (χ0n) is 10.7. The van der Waals surface area contributed by atoms with Gasteiger partial charge in [0, 0.05) is 65.7 Å². The van der Waals surface area contributed by atoms with E-state index in [2.05, 4.69) is 19.9 Å². The van der Waals surface area contributed by atoms with E-state index in [0.29, 0.717) is 0 Å². The molecule has 0 aliphatic heterocycles. The first-order valence-corrected chi connectivity index (χ1v) is 6.21. The second-order valence-corrected chi connectivity index (χ2v) is 4.20. The van der Waals surface area contributed by atoms with Gasteiger partial charge >= 0.3 is 0 Å². The molecule has 0 aromatic carbocycles.